The molecule has 0 radical (unpaired) electrons. The monoisotopic (exact) mass is 516 g/mol. The molecular formula is C31H30F6. The maximum absolute atomic E-state index is 14.9. The Kier molecular flexibility index (Phi) is 8.84. The van der Waals surface area contributed by atoms with Gasteiger partial charge >= 0.3 is 0 Å². The van der Waals surface area contributed by atoms with Crippen LogP contribution in [0.2, 0.25) is 0 Å². The molecule has 0 heterocycles. The molecular weight excluding hydrogens is 486 g/mol. The van der Waals surface area contributed by atoms with Gasteiger partial charge in [-0.1, -0.05) is 44.4 Å². The maximum Gasteiger partial charge on any atom is 0.195 e. The molecule has 0 unspecified atom stereocenters. The van der Waals surface area contributed by atoms with Crippen LogP contribution in [0.15, 0.2) is 30.3 Å². The van der Waals surface area contributed by atoms with Crippen molar-refractivity contribution in [1.29, 1.82) is 0 Å². The first-order valence-corrected chi connectivity index (χ1v) is 13.0. The molecule has 0 amide bonds. The molecule has 37 heavy (non-hydrogen) atoms. The molecule has 1 aliphatic carbocycles. The fourth-order valence-electron chi connectivity index (χ4n) is 5.28. The lowest BCUT2D eigenvalue weighted by Crippen LogP contribution is -2.15. The van der Waals surface area contributed by atoms with Crippen LogP contribution in [0.1, 0.15) is 87.3 Å². The van der Waals surface area contributed by atoms with E-state index < -0.39 is 40.3 Å². The maximum atomic E-state index is 14.9. The van der Waals surface area contributed by atoms with E-state index in [-0.39, 0.29) is 28.3 Å². The van der Waals surface area contributed by atoms with Crippen molar-refractivity contribution in [3.63, 3.8) is 0 Å². The first-order valence-electron chi connectivity index (χ1n) is 13.0. The summed E-state index contributed by atoms with van der Waals surface area (Å²) in [5, 5.41) is -0.726. The second kappa shape index (κ2) is 12.1. The van der Waals surface area contributed by atoms with Crippen molar-refractivity contribution in [2.75, 3.05) is 0 Å². The van der Waals surface area contributed by atoms with Crippen molar-refractivity contribution in [2.45, 2.75) is 77.0 Å². The lowest BCUT2D eigenvalue weighted by Gasteiger charge is -2.26. The van der Waals surface area contributed by atoms with Gasteiger partial charge in [-0.3, -0.25) is 0 Å². The van der Waals surface area contributed by atoms with Gasteiger partial charge in [0.25, 0.3) is 0 Å². The van der Waals surface area contributed by atoms with Crippen molar-refractivity contribution in [3.8, 4) is 11.8 Å². The van der Waals surface area contributed by atoms with E-state index in [2.05, 4.69) is 18.8 Å². The Morgan fingerprint density at radius 2 is 1.38 bits per heavy atom. The number of benzene rings is 3. The number of hydrogen-bond donors (Lipinski definition) is 0. The summed E-state index contributed by atoms with van der Waals surface area (Å²) in [4.78, 5) is 0. The summed E-state index contributed by atoms with van der Waals surface area (Å²) in [5.41, 5.74) is 1.06. The largest absolute Gasteiger partial charge is 0.207 e. The van der Waals surface area contributed by atoms with Crippen LogP contribution in [0.4, 0.5) is 26.3 Å². The minimum absolute atomic E-state index is 0.0507. The van der Waals surface area contributed by atoms with E-state index in [1.807, 2.05) is 0 Å². The first-order chi connectivity index (χ1) is 17.8. The Balaban J connectivity index is 1.40. The quantitative estimate of drug-likeness (QED) is 0.127. The molecule has 0 spiro atoms. The van der Waals surface area contributed by atoms with Gasteiger partial charge in [-0.05, 0) is 85.7 Å². The van der Waals surface area contributed by atoms with Gasteiger partial charge in [0.15, 0.2) is 17.5 Å². The Labute approximate surface area is 214 Å². The van der Waals surface area contributed by atoms with Gasteiger partial charge in [0.05, 0.1) is 5.39 Å². The third-order valence-corrected chi connectivity index (χ3v) is 7.29. The molecule has 0 aromatic heterocycles. The Morgan fingerprint density at radius 3 is 2.05 bits per heavy atom. The zero-order valence-electron chi connectivity index (χ0n) is 20.9. The number of aryl methyl sites for hydroxylation is 1. The zero-order valence-corrected chi connectivity index (χ0v) is 20.9. The summed E-state index contributed by atoms with van der Waals surface area (Å²) in [5.74, 6) is -1.05. The van der Waals surface area contributed by atoms with E-state index >= 15 is 0 Å². The van der Waals surface area contributed by atoms with Crippen LogP contribution in [-0.4, -0.2) is 0 Å². The lowest BCUT2D eigenvalue weighted by molar-refractivity contribution is 0.366. The summed E-state index contributed by atoms with van der Waals surface area (Å²) in [6.45, 7) is 2.15. The van der Waals surface area contributed by atoms with Gasteiger partial charge in [-0.2, -0.15) is 0 Å². The molecule has 1 aliphatic rings. The summed E-state index contributed by atoms with van der Waals surface area (Å²) in [6, 6.07) is 6.00. The summed E-state index contributed by atoms with van der Waals surface area (Å²) in [6.07, 6.45) is 8.51. The molecule has 196 valence electrons. The summed E-state index contributed by atoms with van der Waals surface area (Å²) >= 11 is 0. The van der Waals surface area contributed by atoms with E-state index in [4.69, 9.17) is 0 Å². The van der Waals surface area contributed by atoms with Crippen LogP contribution in [0.5, 0.6) is 0 Å². The zero-order chi connectivity index (χ0) is 26.5. The highest BCUT2D eigenvalue weighted by atomic mass is 19.2. The number of rotatable bonds is 7. The molecule has 0 saturated heterocycles. The first kappa shape index (κ1) is 27.1. The smallest absolute Gasteiger partial charge is 0.195 e. The van der Waals surface area contributed by atoms with E-state index in [0.717, 1.165) is 37.8 Å². The normalized spacial score (nSPS) is 17.6. The number of halogens is 6. The molecule has 1 saturated carbocycles. The van der Waals surface area contributed by atoms with Crippen molar-refractivity contribution < 1.29 is 26.3 Å². The third kappa shape index (κ3) is 6.32. The van der Waals surface area contributed by atoms with E-state index in [1.54, 1.807) is 0 Å². The van der Waals surface area contributed by atoms with Crippen LogP contribution >= 0.6 is 0 Å². The highest BCUT2D eigenvalue weighted by Crippen LogP contribution is 2.38. The SMILES string of the molecule is CCCCCCCc1cc(F)c(C2CCC(C#Cc3cc(F)c4c(F)c(F)c(F)cc4c3)CC2)c(F)c1. The predicted molar refractivity (Wildman–Crippen MR) is 134 cm³/mol. The van der Waals surface area contributed by atoms with Crippen molar-refractivity contribution in [1.82, 2.24) is 0 Å². The Bertz CT molecular complexity index is 1300. The molecule has 4 rings (SSSR count). The fraction of sp³-hybridized carbons (Fsp3) is 0.419. The molecule has 3 aromatic carbocycles. The van der Waals surface area contributed by atoms with Crippen LogP contribution in [0.3, 0.4) is 0 Å². The van der Waals surface area contributed by atoms with Crippen LogP contribution in [0, 0.1) is 52.7 Å². The molecule has 1 fully saturated rings. The topological polar surface area (TPSA) is 0 Å². The predicted octanol–water partition coefficient (Wildman–Crippen LogP) is 9.51. The standard InChI is InChI=1S/C31H30F6/c1-2-3-4-5-6-7-20-15-24(32)28(25(33)16-20)22-12-10-19(11-13-22)8-9-21-14-23-18-27(35)30(36)31(37)29(23)26(34)17-21/h14-19,22H,2-7,10-13H2,1H3. The number of unbranched alkanes of at least 4 members (excludes halogenated alkanes) is 4. The fourth-order valence-corrected chi connectivity index (χ4v) is 5.28. The molecule has 0 atom stereocenters. The summed E-state index contributed by atoms with van der Waals surface area (Å²) < 4.78 is 85.1. The van der Waals surface area contributed by atoms with Crippen LogP contribution in [0.25, 0.3) is 10.8 Å². The second-order valence-corrected chi connectivity index (χ2v) is 10.00. The van der Waals surface area contributed by atoms with Gasteiger partial charge in [0.2, 0.25) is 0 Å². The Morgan fingerprint density at radius 1 is 0.703 bits per heavy atom. The minimum Gasteiger partial charge on any atom is -0.207 e. The van der Waals surface area contributed by atoms with E-state index in [9.17, 15) is 26.3 Å². The third-order valence-electron chi connectivity index (χ3n) is 7.29. The molecule has 0 N–H and O–H groups in total. The van der Waals surface area contributed by atoms with Crippen molar-refractivity contribution >= 4 is 10.8 Å². The number of hydrogen-bond acceptors (Lipinski definition) is 0. The summed E-state index contributed by atoms with van der Waals surface area (Å²) in [7, 11) is 0. The highest BCUT2D eigenvalue weighted by molar-refractivity contribution is 5.85. The highest BCUT2D eigenvalue weighted by Gasteiger charge is 2.26. The van der Waals surface area contributed by atoms with Gasteiger partial charge in [-0.15, -0.1) is 0 Å². The van der Waals surface area contributed by atoms with Crippen LogP contribution < -0.4 is 0 Å². The second-order valence-electron chi connectivity index (χ2n) is 10.00. The molecule has 0 nitrogen and oxygen atoms in total. The lowest BCUT2D eigenvalue weighted by atomic mass is 9.78. The molecule has 6 heteroatoms. The van der Waals surface area contributed by atoms with E-state index in [1.165, 1.54) is 24.6 Å². The average Bonchev–Trinajstić information content (AvgIpc) is 2.86. The molecule has 3 aromatic rings. The van der Waals surface area contributed by atoms with Crippen LogP contribution in [-0.2, 0) is 6.42 Å². The van der Waals surface area contributed by atoms with Gasteiger partial charge in [0.1, 0.15) is 17.5 Å². The van der Waals surface area contributed by atoms with Gasteiger partial charge < -0.3 is 0 Å². The van der Waals surface area contributed by atoms with Gasteiger partial charge in [0, 0.05) is 17.0 Å². The molecule has 0 bridgehead atoms. The van der Waals surface area contributed by atoms with Crippen molar-refractivity contribution in [2.24, 2.45) is 5.92 Å². The number of fused-ring (bicyclic) bond motifs is 1. The van der Waals surface area contributed by atoms with Gasteiger partial charge in [-0.25, -0.2) is 26.3 Å². The average molecular weight is 517 g/mol. The minimum atomic E-state index is -1.72. The molecule has 0 aliphatic heterocycles. The Hall–Kier alpha value is -2.94. The van der Waals surface area contributed by atoms with Crippen molar-refractivity contribution in [3.05, 3.63) is 81.9 Å². The van der Waals surface area contributed by atoms with E-state index in [0.29, 0.717) is 37.7 Å².